The van der Waals surface area contributed by atoms with E-state index in [0.29, 0.717) is 23.7 Å². The van der Waals surface area contributed by atoms with Crippen LogP contribution in [0.2, 0.25) is 0 Å². The number of nitrogens with one attached hydrogen (secondary N) is 2. The lowest BCUT2D eigenvalue weighted by Crippen LogP contribution is -2.49. The number of carbonyl (C=O) groups is 5. The highest BCUT2D eigenvalue weighted by Crippen LogP contribution is 2.21. The van der Waals surface area contributed by atoms with Gasteiger partial charge in [0.1, 0.15) is 0 Å². The molecule has 10 nitrogen and oxygen atoms in total. The van der Waals surface area contributed by atoms with Crippen molar-refractivity contribution in [2.24, 2.45) is 0 Å². The SMILES string of the molecule is CC1CCCC(C)N1[13CH2]C(=O)NCCC(=O)N[13CH2]CC(=O)ON1C(=O)CCC1=O. The summed E-state index contributed by atoms with van der Waals surface area (Å²) in [4.78, 5) is 65.1. The maximum Gasteiger partial charge on any atom is 0.334 e. The van der Waals surface area contributed by atoms with Crippen LogP contribution in [0.1, 0.15) is 58.8 Å². The topological polar surface area (TPSA) is 125 Å². The van der Waals surface area contributed by atoms with Crippen molar-refractivity contribution >= 4 is 29.6 Å². The fourth-order valence-electron chi connectivity index (χ4n) is 3.52. The molecule has 29 heavy (non-hydrogen) atoms. The Labute approximate surface area is 170 Å². The van der Waals surface area contributed by atoms with Gasteiger partial charge in [0.15, 0.2) is 0 Å². The van der Waals surface area contributed by atoms with Crippen molar-refractivity contribution in [1.29, 1.82) is 0 Å². The maximum absolute atomic E-state index is 12.1. The van der Waals surface area contributed by atoms with Crippen molar-refractivity contribution in [2.75, 3.05) is 19.6 Å². The van der Waals surface area contributed by atoms with E-state index in [1.807, 2.05) is 0 Å². The third-order valence-electron chi connectivity index (χ3n) is 5.23. The lowest BCUT2D eigenvalue weighted by Gasteiger charge is -2.38. The van der Waals surface area contributed by atoms with E-state index in [-0.39, 0.29) is 50.6 Å². The Kier molecular flexibility index (Phi) is 8.56. The van der Waals surface area contributed by atoms with Gasteiger partial charge < -0.3 is 15.5 Å². The summed E-state index contributed by atoms with van der Waals surface area (Å²) in [6.07, 6.45) is 3.34. The van der Waals surface area contributed by atoms with Crippen LogP contribution in [0.25, 0.3) is 0 Å². The number of hydrogen-bond donors (Lipinski definition) is 2. The van der Waals surface area contributed by atoms with E-state index in [2.05, 4.69) is 29.4 Å². The fourth-order valence-corrected chi connectivity index (χ4v) is 3.52. The number of rotatable bonds is 9. The second kappa shape index (κ2) is 10.9. The predicted molar refractivity (Wildman–Crippen MR) is 102 cm³/mol. The maximum atomic E-state index is 12.1. The van der Waals surface area contributed by atoms with Crippen molar-refractivity contribution in [3.8, 4) is 0 Å². The van der Waals surface area contributed by atoms with Gasteiger partial charge in [-0.2, -0.15) is 0 Å². The molecule has 2 heterocycles. The van der Waals surface area contributed by atoms with E-state index < -0.39 is 17.8 Å². The second-order valence-electron chi connectivity index (χ2n) is 7.55. The van der Waals surface area contributed by atoms with Crippen molar-refractivity contribution in [3.05, 3.63) is 0 Å². The van der Waals surface area contributed by atoms with E-state index in [9.17, 15) is 24.0 Å². The standard InChI is InChI=1S/C19H30N4O6/c1-13-4-3-5-14(2)22(13)12-16(25)21-10-8-15(24)20-11-9-19(28)29-23-17(26)6-7-18(23)27/h13-14H,3-12H2,1-2H3,(H,20,24)(H,21,25)/i11+1,12+1. The van der Waals surface area contributed by atoms with Crippen LogP contribution in [0, 0.1) is 0 Å². The predicted octanol–water partition coefficient (Wildman–Crippen LogP) is -0.131. The highest BCUT2D eigenvalue weighted by Gasteiger charge is 2.32. The third kappa shape index (κ3) is 7.12. The molecule has 0 aromatic rings. The molecule has 10 heteroatoms. The molecule has 0 radical (unpaired) electrons. The molecule has 2 aliphatic rings. The molecule has 2 rings (SSSR count). The van der Waals surface area contributed by atoms with Gasteiger partial charge in [-0.25, -0.2) is 4.79 Å². The van der Waals surface area contributed by atoms with Crippen LogP contribution >= 0.6 is 0 Å². The number of hydroxylamine groups is 2. The Hall–Kier alpha value is -2.49. The first kappa shape index (κ1) is 22.8. The van der Waals surface area contributed by atoms with Gasteiger partial charge in [-0.3, -0.25) is 24.1 Å². The zero-order chi connectivity index (χ0) is 21.4. The molecular weight excluding hydrogens is 382 g/mol. The fraction of sp³-hybridized carbons (Fsp3) is 0.737. The van der Waals surface area contributed by atoms with Crippen molar-refractivity contribution in [2.45, 2.75) is 70.9 Å². The van der Waals surface area contributed by atoms with Gasteiger partial charge in [-0.05, 0) is 26.7 Å². The molecule has 2 atom stereocenters. The number of carbonyl (C=O) groups excluding carboxylic acids is 5. The lowest BCUT2D eigenvalue weighted by molar-refractivity contribution is -0.197. The molecule has 2 saturated heterocycles. The molecule has 2 aliphatic heterocycles. The summed E-state index contributed by atoms with van der Waals surface area (Å²) in [7, 11) is 0. The van der Waals surface area contributed by atoms with Gasteiger partial charge in [-0.15, -0.1) is 5.06 Å². The number of hydrogen-bond acceptors (Lipinski definition) is 7. The zero-order valence-corrected chi connectivity index (χ0v) is 17.1. The molecule has 0 spiro atoms. The number of likely N-dealkylation sites (tertiary alicyclic amines) is 1. The summed E-state index contributed by atoms with van der Waals surface area (Å²) in [6.45, 7) is 4.80. The summed E-state index contributed by atoms with van der Waals surface area (Å²) in [6, 6.07) is 0.748. The average Bonchev–Trinajstić information content (AvgIpc) is 2.97. The summed E-state index contributed by atoms with van der Waals surface area (Å²) < 4.78 is 0. The minimum atomic E-state index is -0.771. The molecular formula is C19H30N4O6. The Morgan fingerprint density at radius 1 is 0.931 bits per heavy atom. The van der Waals surface area contributed by atoms with Gasteiger partial charge >= 0.3 is 5.97 Å². The molecule has 4 amide bonds. The highest BCUT2D eigenvalue weighted by molar-refractivity contribution is 6.01. The van der Waals surface area contributed by atoms with Crippen molar-refractivity contribution in [1.82, 2.24) is 20.6 Å². The molecule has 2 N–H and O–H groups in total. The third-order valence-corrected chi connectivity index (χ3v) is 5.23. The van der Waals surface area contributed by atoms with Crippen LogP contribution in [-0.4, -0.2) is 71.3 Å². The van der Waals surface area contributed by atoms with Gasteiger partial charge in [0.2, 0.25) is 11.8 Å². The molecule has 0 saturated carbocycles. The Balaban J connectivity index is 1.56. The van der Waals surface area contributed by atoms with Gasteiger partial charge in [0.25, 0.3) is 11.8 Å². The van der Waals surface area contributed by atoms with E-state index in [1.54, 1.807) is 0 Å². The van der Waals surface area contributed by atoms with Gasteiger partial charge in [0.05, 0.1) is 13.0 Å². The lowest BCUT2D eigenvalue weighted by atomic mass is 9.99. The number of nitrogens with zero attached hydrogens (tertiary/aromatic N) is 2. The first-order valence-electron chi connectivity index (χ1n) is 10.1. The van der Waals surface area contributed by atoms with Crippen LogP contribution < -0.4 is 10.6 Å². The van der Waals surface area contributed by atoms with E-state index in [0.717, 1.165) is 12.8 Å². The van der Waals surface area contributed by atoms with Crippen LogP contribution in [0.5, 0.6) is 0 Å². The largest absolute Gasteiger partial charge is 0.355 e. The van der Waals surface area contributed by atoms with Crippen LogP contribution in [0.15, 0.2) is 0 Å². The molecule has 0 aromatic heterocycles. The number of piperidine rings is 1. The molecule has 0 aromatic carbocycles. The van der Waals surface area contributed by atoms with Crippen molar-refractivity contribution < 1.29 is 28.8 Å². The normalized spacial score (nSPS) is 22.5. The van der Waals surface area contributed by atoms with Crippen LogP contribution in [-0.2, 0) is 28.8 Å². The first-order chi connectivity index (χ1) is 13.8. The second-order valence-corrected chi connectivity index (χ2v) is 7.55. The smallest absolute Gasteiger partial charge is 0.334 e. The average molecular weight is 412 g/mol. The van der Waals surface area contributed by atoms with E-state index >= 15 is 0 Å². The monoisotopic (exact) mass is 412 g/mol. The summed E-state index contributed by atoms with van der Waals surface area (Å²) >= 11 is 0. The molecule has 162 valence electrons. The quantitative estimate of drug-likeness (QED) is 0.399. The molecule has 0 bridgehead atoms. The summed E-state index contributed by atoms with van der Waals surface area (Å²) in [5.74, 6) is -2.28. The summed E-state index contributed by atoms with van der Waals surface area (Å²) in [5, 5.41) is 5.76. The highest BCUT2D eigenvalue weighted by atomic mass is 16.7. The van der Waals surface area contributed by atoms with E-state index in [4.69, 9.17) is 4.84 Å². The number of imide groups is 1. The number of amides is 4. The van der Waals surface area contributed by atoms with Crippen LogP contribution in [0.4, 0.5) is 0 Å². The summed E-state index contributed by atoms with van der Waals surface area (Å²) in [5.41, 5.74) is 0. The van der Waals surface area contributed by atoms with E-state index in [1.165, 1.54) is 6.42 Å². The Morgan fingerprint density at radius 2 is 1.48 bits per heavy atom. The van der Waals surface area contributed by atoms with Gasteiger partial charge in [-0.1, -0.05) is 6.42 Å². The Bertz CT molecular complexity index is 627. The minimum Gasteiger partial charge on any atom is -0.355 e. The van der Waals surface area contributed by atoms with Gasteiger partial charge in [0, 0.05) is 44.4 Å². The van der Waals surface area contributed by atoms with Crippen molar-refractivity contribution in [3.63, 3.8) is 0 Å². The zero-order valence-electron chi connectivity index (χ0n) is 17.1. The van der Waals surface area contributed by atoms with Crippen LogP contribution in [0.3, 0.4) is 0 Å². The first-order valence-corrected chi connectivity index (χ1v) is 10.1. The Morgan fingerprint density at radius 3 is 2.10 bits per heavy atom. The molecule has 2 fully saturated rings. The molecule has 0 aliphatic carbocycles. The molecule has 2 unspecified atom stereocenters. The minimum absolute atomic E-state index is 0.0185.